The van der Waals surface area contributed by atoms with Gasteiger partial charge in [0.1, 0.15) is 0 Å². The van der Waals surface area contributed by atoms with Crippen LogP contribution in [0.5, 0.6) is 0 Å². The summed E-state index contributed by atoms with van der Waals surface area (Å²) in [5, 5.41) is 36.7. The summed E-state index contributed by atoms with van der Waals surface area (Å²) in [5.74, 6) is -3.95. The van der Waals surface area contributed by atoms with Crippen molar-refractivity contribution in [1.29, 1.82) is 0 Å². The molecule has 0 heterocycles. The number of halogens is 1. The first-order chi connectivity index (χ1) is 5.29. The molecule has 13 heavy (non-hydrogen) atoms. The van der Waals surface area contributed by atoms with Crippen molar-refractivity contribution in [1.82, 2.24) is 0 Å². The van der Waals surface area contributed by atoms with E-state index in [9.17, 15) is 14.0 Å². The Morgan fingerprint density at radius 2 is 1.23 bits per heavy atom. The van der Waals surface area contributed by atoms with Gasteiger partial charge < -0.3 is 25.3 Å². The third-order valence-electron chi connectivity index (χ3n) is 0.434. The molecule has 0 aliphatic heterocycles. The van der Waals surface area contributed by atoms with Crippen LogP contribution in [0, 0.1) is 0 Å². The summed E-state index contributed by atoms with van der Waals surface area (Å²) in [6.45, 7) is 0. The van der Waals surface area contributed by atoms with Crippen LogP contribution in [0.1, 0.15) is 0 Å². The van der Waals surface area contributed by atoms with Crippen LogP contribution in [-0.4, -0.2) is 69.6 Å². The Balaban J connectivity index is -0.000000173. The zero-order valence-electron chi connectivity index (χ0n) is 5.59. The molecule has 5 N–H and O–H groups in total. The summed E-state index contributed by atoms with van der Waals surface area (Å²) in [6, 6.07) is 0. The molecule has 0 radical (unpaired) electrons. The van der Waals surface area contributed by atoms with Gasteiger partial charge in [0.25, 0.3) is 6.17 Å². The van der Waals surface area contributed by atoms with Gasteiger partial charge >= 0.3 is 38.1 Å². The molecule has 0 aromatic rings. The van der Waals surface area contributed by atoms with Gasteiger partial charge in [0, 0.05) is 0 Å². The fourth-order valence-corrected chi connectivity index (χ4v) is 0.106. The average molecular weight is 192 g/mol. The van der Waals surface area contributed by atoms with Crippen molar-refractivity contribution in [2.24, 2.45) is 0 Å². The molecule has 0 saturated heterocycles. The molecule has 0 aliphatic carbocycles. The van der Waals surface area contributed by atoms with Crippen molar-refractivity contribution in [2.45, 2.75) is 6.17 Å². The van der Waals surface area contributed by atoms with Crippen LogP contribution in [0.25, 0.3) is 0 Å². The number of alkyl halides is 1. The second kappa shape index (κ2) is 9.50. The molecule has 0 bridgehead atoms. The third-order valence-corrected chi connectivity index (χ3v) is 0.434. The van der Waals surface area contributed by atoms with E-state index in [1.165, 1.54) is 0 Å². The minimum atomic E-state index is -2.80. The molecule has 0 atom stereocenters. The first kappa shape index (κ1) is 18.2. The summed E-state index contributed by atoms with van der Waals surface area (Å²) in [6.07, 6.45) is -2.80. The molecule has 72 valence electrons. The predicted molar refractivity (Wildman–Crippen MR) is 39.7 cm³/mol. The fourth-order valence-electron chi connectivity index (χ4n) is 0.106. The Morgan fingerprint density at radius 1 is 1.08 bits per heavy atom. The molecule has 0 fully saturated rings. The molecule has 7 nitrogen and oxygen atoms in total. The molecule has 10 heteroatoms. The summed E-state index contributed by atoms with van der Waals surface area (Å²) < 4.78 is 11.4. The van der Waals surface area contributed by atoms with Crippen molar-refractivity contribution in [3.63, 3.8) is 0 Å². The van der Waals surface area contributed by atoms with Gasteiger partial charge in [-0.1, -0.05) is 0 Å². The van der Waals surface area contributed by atoms with E-state index in [-0.39, 0.29) is 18.9 Å². The maximum absolute atomic E-state index is 11.4. The molecule has 0 aliphatic rings. The summed E-state index contributed by atoms with van der Waals surface area (Å²) in [4.78, 5) is 18.8. The van der Waals surface area contributed by atoms with Gasteiger partial charge in [-0.25, -0.2) is 14.0 Å². The first-order valence-corrected chi connectivity index (χ1v) is 2.43. The molecule has 0 saturated carbocycles. The van der Waals surface area contributed by atoms with Gasteiger partial charge in [-0.15, -0.1) is 0 Å². The molecule has 0 rings (SSSR count). The zero-order chi connectivity index (χ0) is 10.3. The standard InChI is InChI=1S/C3H3FO4.BH3O3.Li.H/c4-1(2(5)6)3(7)8;2-1(3)4;;/h1H,(H,5,6)(H,7,8);2-4H;;. The molecular weight excluding hydrogens is 185 g/mol. The molecular formula is C3H7BFLiO7. The van der Waals surface area contributed by atoms with E-state index >= 15 is 0 Å². The third kappa shape index (κ3) is 18.4. The van der Waals surface area contributed by atoms with Crippen molar-refractivity contribution in [3.8, 4) is 0 Å². The van der Waals surface area contributed by atoms with Crippen molar-refractivity contribution in [3.05, 3.63) is 0 Å². The number of hydrogen-bond donors (Lipinski definition) is 5. The maximum atomic E-state index is 11.4. The normalized spacial score (nSPS) is 7.77. The molecule has 0 unspecified atom stereocenters. The summed E-state index contributed by atoms with van der Waals surface area (Å²) in [7, 11) is -2.17. The Kier molecular flexibility index (Phi) is 13.3. The van der Waals surface area contributed by atoms with Gasteiger partial charge in [-0.3, -0.25) is 0 Å². The number of carboxylic acids is 2. The number of hydrogen-bond acceptors (Lipinski definition) is 5. The van der Waals surface area contributed by atoms with Gasteiger partial charge in [-0.05, 0) is 0 Å². The second-order valence-electron chi connectivity index (χ2n) is 1.39. The Bertz CT molecular complexity index is 147. The van der Waals surface area contributed by atoms with E-state index in [0.717, 1.165) is 0 Å². The van der Waals surface area contributed by atoms with Crippen LogP contribution in [0.4, 0.5) is 4.39 Å². The van der Waals surface area contributed by atoms with E-state index in [1.54, 1.807) is 0 Å². The second-order valence-corrected chi connectivity index (χ2v) is 1.39. The van der Waals surface area contributed by atoms with Gasteiger partial charge in [0.15, 0.2) is 0 Å². The zero-order valence-corrected chi connectivity index (χ0v) is 5.59. The van der Waals surface area contributed by atoms with E-state index in [1.807, 2.05) is 0 Å². The topological polar surface area (TPSA) is 135 Å². The van der Waals surface area contributed by atoms with E-state index in [2.05, 4.69) is 0 Å². The van der Waals surface area contributed by atoms with Crippen molar-refractivity contribution >= 4 is 38.1 Å². The average Bonchev–Trinajstić information content (AvgIpc) is 1.84. The van der Waals surface area contributed by atoms with Gasteiger partial charge in [0.05, 0.1) is 0 Å². The fraction of sp³-hybridized carbons (Fsp3) is 0.333. The first-order valence-electron chi connectivity index (χ1n) is 2.43. The summed E-state index contributed by atoms with van der Waals surface area (Å²) in [5.41, 5.74) is 0. The van der Waals surface area contributed by atoms with Crippen LogP contribution in [0.2, 0.25) is 0 Å². The van der Waals surface area contributed by atoms with Gasteiger partial charge in [-0.2, -0.15) is 0 Å². The van der Waals surface area contributed by atoms with Crippen molar-refractivity contribution < 1.29 is 39.3 Å². The van der Waals surface area contributed by atoms with Crippen LogP contribution in [-0.2, 0) is 9.59 Å². The molecule has 0 aromatic heterocycles. The Hall–Kier alpha value is -0.588. The quantitative estimate of drug-likeness (QED) is 0.229. The monoisotopic (exact) mass is 192 g/mol. The Morgan fingerprint density at radius 3 is 1.23 bits per heavy atom. The number of carboxylic acid groups (broad SMARTS) is 2. The van der Waals surface area contributed by atoms with Gasteiger partial charge in [0.2, 0.25) is 0 Å². The Labute approximate surface area is 84.2 Å². The van der Waals surface area contributed by atoms with Crippen LogP contribution in [0.3, 0.4) is 0 Å². The van der Waals surface area contributed by atoms with E-state index in [4.69, 9.17) is 25.3 Å². The SMILES string of the molecule is O=C(O)C(F)C(=O)O.OB(O)O.[LiH]. The predicted octanol–water partition coefficient (Wildman–Crippen LogP) is -3.21. The van der Waals surface area contributed by atoms with Crippen LogP contribution in [0.15, 0.2) is 0 Å². The molecule has 0 spiro atoms. The minimum absolute atomic E-state index is 0. The molecule has 0 amide bonds. The number of carbonyl (C=O) groups is 2. The van der Waals surface area contributed by atoms with Crippen molar-refractivity contribution in [2.75, 3.05) is 0 Å². The molecule has 0 aromatic carbocycles. The van der Waals surface area contributed by atoms with Crippen LogP contribution >= 0.6 is 0 Å². The summed E-state index contributed by atoms with van der Waals surface area (Å²) >= 11 is 0. The van der Waals surface area contributed by atoms with Crippen LogP contribution < -0.4 is 0 Å². The number of rotatable bonds is 2. The van der Waals surface area contributed by atoms with E-state index < -0.39 is 25.4 Å². The van der Waals surface area contributed by atoms with E-state index in [0.29, 0.717) is 0 Å². The number of aliphatic carboxylic acids is 2.